The van der Waals surface area contributed by atoms with E-state index in [1.54, 1.807) is 0 Å². The molecule has 0 rings (SSSR count). The van der Waals surface area contributed by atoms with Gasteiger partial charge in [-0.25, -0.2) is 0 Å². The van der Waals surface area contributed by atoms with Crippen molar-refractivity contribution in [3.63, 3.8) is 0 Å². The van der Waals surface area contributed by atoms with Crippen molar-refractivity contribution >= 4 is 0 Å². The first-order valence-corrected chi connectivity index (χ1v) is 6.30. The molecule has 17 heavy (non-hydrogen) atoms. The Balaban J connectivity index is -0.000000224. The average Bonchev–Trinajstić information content (AvgIpc) is 2.34. The third-order valence-corrected chi connectivity index (χ3v) is 3.15. The van der Waals surface area contributed by atoms with Gasteiger partial charge < -0.3 is 24.9 Å². The molecule has 3 N–H and O–H groups in total. The summed E-state index contributed by atoms with van der Waals surface area (Å²) in [6.45, 7) is 14.9. The van der Waals surface area contributed by atoms with Crippen LogP contribution < -0.4 is 0 Å². The topological polar surface area (TPSA) is 79.7 Å². The van der Waals surface area contributed by atoms with Gasteiger partial charge in [0.1, 0.15) is 0 Å². The first-order chi connectivity index (χ1) is 7.66. The summed E-state index contributed by atoms with van der Waals surface area (Å²) in [7, 11) is 0. The number of hydrogen-bond donors (Lipinski definition) is 2. The van der Waals surface area contributed by atoms with Crippen LogP contribution in [-0.4, -0.2) is 72.8 Å². The molecular weight excluding hydrogens is 222 g/mol. The average molecular weight is 253 g/mol. The molecule has 0 atom stereocenters. The summed E-state index contributed by atoms with van der Waals surface area (Å²) in [6.07, 6.45) is 0. The van der Waals surface area contributed by atoms with E-state index in [0.29, 0.717) is 13.2 Å². The normalized spacial score (nSPS) is 10.2. The van der Waals surface area contributed by atoms with E-state index in [1.165, 1.54) is 30.7 Å². The second-order valence-corrected chi connectivity index (χ2v) is 3.67. The number of ether oxygens (including phenoxy) is 1. The fraction of sp³-hybridized carbons (Fsp3) is 1.00. The third-order valence-electron chi connectivity index (χ3n) is 3.15. The predicted octanol–water partition coefficient (Wildman–Crippen LogP) is 0.694. The quantitative estimate of drug-likeness (QED) is 0.493. The Morgan fingerprint density at radius 3 is 1.18 bits per heavy atom. The lowest BCUT2D eigenvalue weighted by Crippen LogP contribution is -2.47. The van der Waals surface area contributed by atoms with Crippen molar-refractivity contribution in [1.82, 2.24) is 0 Å². The molecule has 0 aliphatic rings. The van der Waals surface area contributed by atoms with Gasteiger partial charge in [0.05, 0.1) is 52.6 Å². The van der Waals surface area contributed by atoms with Crippen molar-refractivity contribution in [2.45, 2.75) is 27.7 Å². The molecule has 0 unspecified atom stereocenters. The van der Waals surface area contributed by atoms with E-state index in [1.807, 2.05) is 0 Å². The summed E-state index contributed by atoms with van der Waals surface area (Å²) >= 11 is 0. The van der Waals surface area contributed by atoms with E-state index >= 15 is 0 Å². The molecule has 0 spiro atoms. The molecule has 0 aromatic carbocycles. The second kappa shape index (κ2) is 15.8. The molecule has 0 amide bonds. The Hall–Kier alpha value is -0.200. The number of quaternary nitrogens is 1. The number of nitrogens with zero attached hydrogens (tertiary/aromatic N) is 1. The fourth-order valence-electron chi connectivity index (χ4n) is 1.57. The highest BCUT2D eigenvalue weighted by Gasteiger charge is 2.16. The molecule has 108 valence electrons. The van der Waals surface area contributed by atoms with Crippen LogP contribution in [0, 0.1) is 0 Å². The van der Waals surface area contributed by atoms with Crippen LogP contribution in [-0.2, 0) is 4.74 Å². The van der Waals surface area contributed by atoms with E-state index in [4.69, 9.17) is 10.2 Å². The molecule has 5 heteroatoms. The minimum atomic E-state index is 0. The Labute approximate surface area is 106 Å². The van der Waals surface area contributed by atoms with Crippen molar-refractivity contribution in [3.8, 4) is 0 Å². The summed E-state index contributed by atoms with van der Waals surface area (Å²) in [5.41, 5.74) is 0. The van der Waals surface area contributed by atoms with Gasteiger partial charge in [-0.2, -0.15) is 0 Å². The Morgan fingerprint density at radius 1 is 0.765 bits per heavy atom. The molecule has 0 aromatic rings. The van der Waals surface area contributed by atoms with Gasteiger partial charge in [0.2, 0.25) is 0 Å². The number of aliphatic hydroxyl groups is 2. The third kappa shape index (κ3) is 12.1. The SMILES string of the molecule is CC[N+](CC)(CC)CC.OCCOCCO.[OH-]. The first kappa shape index (κ1) is 22.0. The maximum absolute atomic E-state index is 8.09. The summed E-state index contributed by atoms with van der Waals surface area (Å²) in [5.74, 6) is 0. The molecule has 0 aliphatic heterocycles. The van der Waals surface area contributed by atoms with Gasteiger partial charge in [0.25, 0.3) is 0 Å². The smallest absolute Gasteiger partial charge is 0.0757 e. The van der Waals surface area contributed by atoms with Crippen LogP contribution in [0.2, 0.25) is 0 Å². The van der Waals surface area contributed by atoms with Crippen LogP contribution >= 0.6 is 0 Å². The van der Waals surface area contributed by atoms with Gasteiger partial charge in [-0.15, -0.1) is 0 Å². The lowest BCUT2D eigenvalue weighted by atomic mass is 10.3. The maximum atomic E-state index is 8.09. The second-order valence-electron chi connectivity index (χ2n) is 3.67. The highest BCUT2D eigenvalue weighted by atomic mass is 16.5. The zero-order valence-electron chi connectivity index (χ0n) is 11.9. The standard InChI is InChI=1S/C8H20N.C4H10O3.H2O/c1-5-9(6-2,7-3)8-4;5-1-3-7-4-2-6;/h5-8H2,1-4H3;5-6H,1-4H2;1H2/q+1;;/p-1. The highest BCUT2D eigenvalue weighted by molar-refractivity contribution is 4.31. The van der Waals surface area contributed by atoms with E-state index < -0.39 is 0 Å². The molecule has 0 bridgehead atoms. The van der Waals surface area contributed by atoms with Crippen molar-refractivity contribution < 1.29 is 24.9 Å². The van der Waals surface area contributed by atoms with Crippen molar-refractivity contribution in [2.24, 2.45) is 0 Å². The Bertz CT molecular complexity index is 108. The summed E-state index contributed by atoms with van der Waals surface area (Å²) in [4.78, 5) is 0. The summed E-state index contributed by atoms with van der Waals surface area (Å²) in [6, 6.07) is 0. The summed E-state index contributed by atoms with van der Waals surface area (Å²) < 4.78 is 5.91. The number of aliphatic hydroxyl groups excluding tert-OH is 2. The van der Waals surface area contributed by atoms with E-state index in [-0.39, 0.29) is 18.7 Å². The molecular formula is C12H31NO4. The number of rotatable bonds is 8. The van der Waals surface area contributed by atoms with Crippen LogP contribution in [0.4, 0.5) is 0 Å². The Kier molecular flexibility index (Phi) is 20.5. The van der Waals surface area contributed by atoms with Crippen LogP contribution in [0.5, 0.6) is 0 Å². The minimum Gasteiger partial charge on any atom is -0.870 e. The van der Waals surface area contributed by atoms with Crippen molar-refractivity contribution in [3.05, 3.63) is 0 Å². The van der Waals surface area contributed by atoms with Crippen LogP contribution in [0.25, 0.3) is 0 Å². The van der Waals surface area contributed by atoms with Gasteiger partial charge in [-0.1, -0.05) is 0 Å². The monoisotopic (exact) mass is 253 g/mol. The highest BCUT2D eigenvalue weighted by Crippen LogP contribution is 2.03. The minimum absolute atomic E-state index is 0. The van der Waals surface area contributed by atoms with Gasteiger partial charge in [-0.3, -0.25) is 0 Å². The molecule has 0 aromatic heterocycles. The van der Waals surface area contributed by atoms with Crippen LogP contribution in [0.1, 0.15) is 27.7 Å². The molecule has 0 saturated heterocycles. The fourth-order valence-corrected chi connectivity index (χ4v) is 1.57. The zero-order valence-corrected chi connectivity index (χ0v) is 11.9. The molecule has 0 fully saturated rings. The zero-order chi connectivity index (χ0) is 12.9. The number of hydrogen-bond acceptors (Lipinski definition) is 4. The van der Waals surface area contributed by atoms with Crippen LogP contribution in [0.15, 0.2) is 0 Å². The lowest BCUT2D eigenvalue weighted by Gasteiger charge is -2.34. The maximum Gasteiger partial charge on any atom is 0.0757 e. The lowest BCUT2D eigenvalue weighted by molar-refractivity contribution is -0.921. The molecule has 0 aliphatic carbocycles. The van der Waals surface area contributed by atoms with E-state index in [9.17, 15) is 0 Å². The largest absolute Gasteiger partial charge is 0.870 e. The predicted molar refractivity (Wildman–Crippen MR) is 69.4 cm³/mol. The summed E-state index contributed by atoms with van der Waals surface area (Å²) in [5, 5.41) is 16.2. The van der Waals surface area contributed by atoms with Gasteiger partial charge >= 0.3 is 0 Å². The van der Waals surface area contributed by atoms with Crippen molar-refractivity contribution in [1.29, 1.82) is 0 Å². The molecule has 5 nitrogen and oxygen atoms in total. The van der Waals surface area contributed by atoms with Crippen molar-refractivity contribution in [2.75, 3.05) is 52.6 Å². The molecule has 0 heterocycles. The van der Waals surface area contributed by atoms with Gasteiger partial charge in [0, 0.05) is 0 Å². The Morgan fingerprint density at radius 2 is 1.06 bits per heavy atom. The van der Waals surface area contributed by atoms with Gasteiger partial charge in [-0.05, 0) is 27.7 Å². The first-order valence-electron chi connectivity index (χ1n) is 6.30. The molecule has 0 saturated carbocycles. The molecule has 0 radical (unpaired) electrons. The van der Waals surface area contributed by atoms with Crippen LogP contribution in [0.3, 0.4) is 0 Å². The van der Waals surface area contributed by atoms with E-state index in [2.05, 4.69) is 32.4 Å². The van der Waals surface area contributed by atoms with E-state index in [0.717, 1.165) is 0 Å². The van der Waals surface area contributed by atoms with Gasteiger partial charge in [0.15, 0.2) is 0 Å².